The molecule has 0 spiro atoms. The summed E-state index contributed by atoms with van der Waals surface area (Å²) in [6.07, 6.45) is -1.14. The average Bonchev–Trinajstić information content (AvgIpc) is 2.75. The number of carbonyl (C=O) groups is 1. The SMILES string of the molecule is COC(=O)/C=C/[C@@H](N=[N+]=[N-])[C@H]1O[C@@H](c2ccccc2)O[C@@H](CO[Si](C)(C)C(C)(C)C)[C@H]1O. The maximum Gasteiger partial charge on any atom is 0.330 e. The van der Waals surface area contributed by atoms with Crippen LogP contribution < -0.4 is 0 Å². The van der Waals surface area contributed by atoms with E-state index in [1.165, 1.54) is 13.2 Å². The Morgan fingerprint density at radius 2 is 1.97 bits per heavy atom. The summed E-state index contributed by atoms with van der Waals surface area (Å²) in [5.74, 6) is -0.609. The Hall–Kier alpha value is -2.20. The molecule has 0 aliphatic carbocycles. The standard InChI is InChI=1S/C22H33N3O6Si/c1-22(2,3)32(5,6)29-14-17-19(27)20(16(24-25-23)12-13-18(26)28-4)31-21(30-17)15-10-8-7-9-11-15/h7-13,16-17,19-21,27H,14H2,1-6H3/b13-12+/t16-,17+,19-,20-,21+/m1/s1. The summed E-state index contributed by atoms with van der Waals surface area (Å²) in [6.45, 7) is 10.8. The van der Waals surface area contributed by atoms with Gasteiger partial charge in [0.05, 0.1) is 19.8 Å². The van der Waals surface area contributed by atoms with E-state index in [-0.39, 0.29) is 11.6 Å². The molecule has 1 aromatic carbocycles. The van der Waals surface area contributed by atoms with Crippen LogP contribution >= 0.6 is 0 Å². The molecule has 10 heteroatoms. The number of aliphatic hydroxyl groups is 1. The number of carbonyl (C=O) groups excluding carboxylic acids is 1. The van der Waals surface area contributed by atoms with Crippen LogP contribution in [0.15, 0.2) is 47.6 Å². The number of hydrogen-bond acceptors (Lipinski definition) is 7. The van der Waals surface area contributed by atoms with E-state index in [4.69, 9.17) is 19.4 Å². The number of ether oxygens (including phenoxy) is 3. The number of nitrogens with zero attached hydrogens (tertiary/aromatic N) is 3. The molecular formula is C22H33N3O6Si. The first-order valence-electron chi connectivity index (χ1n) is 10.5. The highest BCUT2D eigenvalue weighted by Crippen LogP contribution is 2.38. The minimum absolute atomic E-state index is 0.0156. The number of benzene rings is 1. The van der Waals surface area contributed by atoms with Crippen molar-refractivity contribution in [1.29, 1.82) is 0 Å². The second-order valence-corrected chi connectivity index (χ2v) is 14.0. The van der Waals surface area contributed by atoms with Gasteiger partial charge in [-0.15, -0.1) is 0 Å². The van der Waals surface area contributed by atoms with E-state index in [0.29, 0.717) is 0 Å². The third kappa shape index (κ3) is 6.65. The summed E-state index contributed by atoms with van der Waals surface area (Å²) in [5.41, 5.74) is 9.79. The molecule has 1 heterocycles. The summed E-state index contributed by atoms with van der Waals surface area (Å²) in [5, 5.41) is 14.8. The molecular weight excluding hydrogens is 430 g/mol. The van der Waals surface area contributed by atoms with Crippen molar-refractivity contribution in [2.24, 2.45) is 5.11 Å². The molecule has 32 heavy (non-hydrogen) atoms. The molecule has 1 aliphatic heterocycles. The molecule has 0 aromatic heterocycles. The first kappa shape index (κ1) is 26.1. The maximum absolute atomic E-state index is 11.6. The zero-order valence-corrected chi connectivity index (χ0v) is 20.5. The maximum atomic E-state index is 11.6. The molecule has 1 fully saturated rings. The third-order valence-corrected chi connectivity index (χ3v) is 10.4. The van der Waals surface area contributed by atoms with Gasteiger partial charge in [0.15, 0.2) is 14.6 Å². The van der Waals surface area contributed by atoms with E-state index >= 15 is 0 Å². The van der Waals surface area contributed by atoms with Crippen LogP contribution in [0.4, 0.5) is 0 Å². The zero-order valence-electron chi connectivity index (χ0n) is 19.5. The smallest absolute Gasteiger partial charge is 0.330 e. The number of azide groups is 1. The Labute approximate surface area is 190 Å². The van der Waals surface area contributed by atoms with Crippen LogP contribution in [0, 0.1) is 0 Å². The average molecular weight is 464 g/mol. The van der Waals surface area contributed by atoms with Crippen LogP contribution in [-0.2, 0) is 23.4 Å². The van der Waals surface area contributed by atoms with Gasteiger partial charge in [-0.1, -0.05) is 62.3 Å². The lowest BCUT2D eigenvalue weighted by Crippen LogP contribution is -2.54. The monoisotopic (exact) mass is 463 g/mol. The largest absolute Gasteiger partial charge is 0.466 e. The van der Waals surface area contributed by atoms with Gasteiger partial charge in [-0.05, 0) is 23.7 Å². The highest BCUT2D eigenvalue weighted by atomic mass is 28.4. The number of esters is 1. The molecule has 1 saturated heterocycles. The van der Waals surface area contributed by atoms with Crippen molar-refractivity contribution in [3.8, 4) is 0 Å². The second kappa shape index (κ2) is 11.1. The third-order valence-electron chi connectivity index (χ3n) is 5.94. The molecule has 0 amide bonds. The number of rotatable bonds is 8. The van der Waals surface area contributed by atoms with Gasteiger partial charge in [-0.3, -0.25) is 0 Å². The Morgan fingerprint density at radius 1 is 1.31 bits per heavy atom. The molecule has 176 valence electrons. The molecule has 1 aliphatic rings. The Morgan fingerprint density at radius 3 is 2.53 bits per heavy atom. The van der Waals surface area contributed by atoms with E-state index in [2.05, 4.69) is 48.6 Å². The van der Waals surface area contributed by atoms with Crippen molar-refractivity contribution in [3.05, 3.63) is 58.5 Å². The van der Waals surface area contributed by atoms with Crippen LogP contribution in [0.2, 0.25) is 18.1 Å². The lowest BCUT2D eigenvalue weighted by Gasteiger charge is -2.43. The quantitative estimate of drug-likeness (QED) is 0.153. The summed E-state index contributed by atoms with van der Waals surface area (Å²) in [6, 6.07) is 8.31. The highest BCUT2D eigenvalue weighted by Gasteiger charge is 2.44. The minimum atomic E-state index is -2.11. The van der Waals surface area contributed by atoms with Gasteiger partial charge < -0.3 is 23.7 Å². The zero-order chi connectivity index (χ0) is 23.9. The molecule has 9 nitrogen and oxygen atoms in total. The first-order valence-corrected chi connectivity index (χ1v) is 13.4. The summed E-state index contributed by atoms with van der Waals surface area (Å²) in [4.78, 5) is 14.4. The van der Waals surface area contributed by atoms with Gasteiger partial charge in [0, 0.05) is 16.6 Å². The fourth-order valence-electron chi connectivity index (χ4n) is 2.92. The first-order chi connectivity index (χ1) is 15.0. The molecule has 0 unspecified atom stereocenters. The Bertz CT molecular complexity index is 836. The summed E-state index contributed by atoms with van der Waals surface area (Å²) < 4.78 is 23.0. The van der Waals surface area contributed by atoms with Crippen molar-refractivity contribution in [3.63, 3.8) is 0 Å². The van der Waals surface area contributed by atoms with Gasteiger partial charge in [0.1, 0.15) is 18.3 Å². The van der Waals surface area contributed by atoms with Crippen LogP contribution in [0.3, 0.4) is 0 Å². The predicted molar refractivity (Wildman–Crippen MR) is 122 cm³/mol. The van der Waals surface area contributed by atoms with Crippen LogP contribution in [0.1, 0.15) is 32.6 Å². The molecule has 1 N–H and O–H groups in total. The lowest BCUT2D eigenvalue weighted by atomic mass is 9.99. The Kier molecular flexibility index (Phi) is 9.03. The fraction of sp³-hybridized carbons (Fsp3) is 0.591. The normalized spacial score (nSPS) is 25.2. The molecule has 2 rings (SSSR count). The van der Waals surface area contributed by atoms with Gasteiger partial charge in [0.25, 0.3) is 0 Å². The van der Waals surface area contributed by atoms with E-state index < -0.39 is 44.9 Å². The van der Waals surface area contributed by atoms with Gasteiger partial charge in [-0.2, -0.15) is 0 Å². The van der Waals surface area contributed by atoms with Crippen molar-refractivity contribution < 1.29 is 28.5 Å². The van der Waals surface area contributed by atoms with E-state index in [0.717, 1.165) is 11.6 Å². The molecule has 1 aromatic rings. The minimum Gasteiger partial charge on any atom is -0.466 e. The van der Waals surface area contributed by atoms with Crippen molar-refractivity contribution in [2.75, 3.05) is 13.7 Å². The fourth-order valence-corrected chi connectivity index (χ4v) is 3.93. The van der Waals surface area contributed by atoms with E-state index in [1.54, 1.807) is 0 Å². The summed E-state index contributed by atoms with van der Waals surface area (Å²) >= 11 is 0. The van der Waals surface area contributed by atoms with Crippen LogP contribution in [0.5, 0.6) is 0 Å². The molecule has 5 atom stereocenters. The lowest BCUT2D eigenvalue weighted by molar-refractivity contribution is -0.294. The Balaban J connectivity index is 2.33. The second-order valence-electron chi connectivity index (χ2n) is 9.16. The van der Waals surface area contributed by atoms with Gasteiger partial charge >= 0.3 is 5.97 Å². The molecule has 0 radical (unpaired) electrons. The topological polar surface area (TPSA) is 123 Å². The molecule has 0 saturated carbocycles. The van der Waals surface area contributed by atoms with Crippen molar-refractivity contribution in [1.82, 2.24) is 0 Å². The predicted octanol–water partition coefficient (Wildman–Crippen LogP) is 4.26. The van der Waals surface area contributed by atoms with Crippen molar-refractivity contribution in [2.45, 2.75) is 69.5 Å². The van der Waals surface area contributed by atoms with Crippen LogP contribution in [-0.4, -0.2) is 57.5 Å². The number of methoxy groups -OCH3 is 1. The van der Waals surface area contributed by atoms with Crippen molar-refractivity contribution >= 4 is 14.3 Å². The highest BCUT2D eigenvalue weighted by molar-refractivity contribution is 6.74. The van der Waals surface area contributed by atoms with Gasteiger partial charge in [-0.25, -0.2) is 4.79 Å². The van der Waals surface area contributed by atoms with Crippen LogP contribution in [0.25, 0.3) is 10.4 Å². The molecule has 0 bridgehead atoms. The number of hydrogen-bond donors (Lipinski definition) is 1. The van der Waals surface area contributed by atoms with Gasteiger partial charge in [0.2, 0.25) is 0 Å². The number of aliphatic hydroxyl groups excluding tert-OH is 1. The van der Waals surface area contributed by atoms with E-state index in [9.17, 15) is 9.90 Å². The summed E-state index contributed by atoms with van der Waals surface area (Å²) in [7, 11) is -0.864. The van der Waals surface area contributed by atoms with E-state index in [1.807, 2.05) is 30.3 Å².